The average molecular weight is 833 g/mol. The number of aromatic hydroxyl groups is 2. The van der Waals surface area contributed by atoms with E-state index >= 15 is 0 Å². The Morgan fingerprint density at radius 3 is 0.984 bits per heavy atom. The number of ether oxygens (including phenoxy) is 2. The maximum Gasteiger partial charge on any atom is 0.346 e. The highest BCUT2D eigenvalue weighted by atomic mass is 32.1. The molecule has 0 atom stereocenters. The van der Waals surface area contributed by atoms with Crippen molar-refractivity contribution in [1.29, 1.82) is 0 Å². The second-order valence-electron chi connectivity index (χ2n) is 15.4. The maximum absolute atomic E-state index is 13.2. The molecule has 306 valence electrons. The number of carbonyl (C=O) groups is 4. The Labute approximate surface area is 355 Å². The Balaban J connectivity index is 1.09. The molecular formula is C50H40O10S. The quantitative estimate of drug-likeness (QED) is 0.0687. The summed E-state index contributed by atoms with van der Waals surface area (Å²) in [5.41, 5.74) is 4.51. The molecule has 4 N–H and O–H groups in total. The van der Waals surface area contributed by atoms with Crippen LogP contribution in [0.2, 0.25) is 0 Å². The minimum atomic E-state index is -1.33. The third-order valence-electron chi connectivity index (χ3n) is 10.9. The largest absolute Gasteiger partial charge is 0.508 e. The molecule has 1 heterocycles. The first-order chi connectivity index (χ1) is 29.0. The van der Waals surface area contributed by atoms with Crippen molar-refractivity contribution in [2.24, 2.45) is 0 Å². The van der Waals surface area contributed by atoms with Crippen LogP contribution in [0.4, 0.5) is 0 Å². The van der Waals surface area contributed by atoms with Crippen molar-refractivity contribution in [1.82, 2.24) is 0 Å². The van der Waals surface area contributed by atoms with Crippen LogP contribution in [0.15, 0.2) is 146 Å². The van der Waals surface area contributed by atoms with Crippen LogP contribution in [0.25, 0.3) is 22.3 Å². The fourth-order valence-electron chi connectivity index (χ4n) is 7.13. The second-order valence-corrected chi connectivity index (χ2v) is 16.5. The highest BCUT2D eigenvalue weighted by Gasteiger charge is 2.29. The lowest BCUT2D eigenvalue weighted by atomic mass is 9.78. The molecule has 0 spiro atoms. The molecular weight excluding hydrogens is 793 g/mol. The molecule has 7 rings (SSSR count). The third-order valence-corrected chi connectivity index (χ3v) is 12.0. The molecule has 10 nitrogen and oxygen atoms in total. The van der Waals surface area contributed by atoms with Crippen molar-refractivity contribution in [3.63, 3.8) is 0 Å². The van der Waals surface area contributed by atoms with Gasteiger partial charge >= 0.3 is 23.9 Å². The zero-order valence-electron chi connectivity index (χ0n) is 33.5. The lowest BCUT2D eigenvalue weighted by Crippen LogP contribution is -2.18. The van der Waals surface area contributed by atoms with Gasteiger partial charge in [0, 0.05) is 22.0 Å². The fraction of sp³-hybridized carbons (Fsp3) is 0.120. The Bertz CT molecular complexity index is 2560. The van der Waals surface area contributed by atoms with E-state index in [1.807, 2.05) is 76.2 Å². The molecule has 11 heteroatoms. The number of thiophene rings is 1. The molecule has 0 fully saturated rings. The van der Waals surface area contributed by atoms with Crippen molar-refractivity contribution in [3.8, 4) is 45.3 Å². The third kappa shape index (κ3) is 8.64. The number of phenolic OH excluding ortho intramolecular Hbond substituents is 2. The van der Waals surface area contributed by atoms with Gasteiger partial charge in [-0.2, -0.15) is 0 Å². The van der Waals surface area contributed by atoms with E-state index in [-0.39, 0.29) is 54.3 Å². The number of rotatable bonds is 12. The van der Waals surface area contributed by atoms with Crippen LogP contribution in [0, 0.1) is 0 Å². The predicted octanol–water partition coefficient (Wildman–Crippen LogP) is 11.0. The van der Waals surface area contributed by atoms with Crippen molar-refractivity contribution in [2.45, 2.75) is 38.5 Å². The Morgan fingerprint density at radius 1 is 0.426 bits per heavy atom. The number of aromatic carboxylic acids is 2. The Kier molecular flexibility index (Phi) is 11.4. The molecule has 0 unspecified atom stereocenters. The average Bonchev–Trinajstić information content (AvgIpc) is 3.66. The van der Waals surface area contributed by atoms with Crippen LogP contribution in [-0.4, -0.2) is 44.3 Å². The van der Waals surface area contributed by atoms with Gasteiger partial charge in [0.2, 0.25) is 0 Å². The highest BCUT2D eigenvalue weighted by Crippen LogP contribution is 2.44. The molecule has 0 radical (unpaired) electrons. The van der Waals surface area contributed by atoms with E-state index in [0.717, 1.165) is 22.3 Å². The van der Waals surface area contributed by atoms with Gasteiger partial charge in [-0.15, -0.1) is 11.3 Å². The summed E-state index contributed by atoms with van der Waals surface area (Å²) in [5, 5.41) is 39.8. The maximum atomic E-state index is 13.2. The van der Waals surface area contributed by atoms with Crippen LogP contribution < -0.4 is 9.47 Å². The topological polar surface area (TPSA) is 168 Å². The summed E-state index contributed by atoms with van der Waals surface area (Å²) in [7, 11) is 0. The molecule has 0 saturated carbocycles. The molecule has 1 aromatic heterocycles. The number of carbonyl (C=O) groups excluding carboxylic acids is 2. The van der Waals surface area contributed by atoms with Gasteiger partial charge in [0.05, 0.1) is 11.1 Å². The lowest BCUT2D eigenvalue weighted by molar-refractivity contribution is 0.0694. The highest BCUT2D eigenvalue weighted by molar-refractivity contribution is 7.17. The number of hydrogen-bond acceptors (Lipinski definition) is 9. The monoisotopic (exact) mass is 832 g/mol. The van der Waals surface area contributed by atoms with Gasteiger partial charge in [0.1, 0.15) is 32.8 Å². The van der Waals surface area contributed by atoms with E-state index in [1.54, 1.807) is 48.5 Å². The van der Waals surface area contributed by atoms with Crippen LogP contribution in [-0.2, 0) is 10.8 Å². The summed E-state index contributed by atoms with van der Waals surface area (Å²) in [6, 6.07) is 40.2. The molecule has 0 aliphatic heterocycles. The van der Waals surface area contributed by atoms with Gasteiger partial charge in [-0.1, -0.05) is 100 Å². The van der Waals surface area contributed by atoms with Crippen molar-refractivity contribution < 1.29 is 49.1 Å². The lowest BCUT2D eigenvalue weighted by Gasteiger charge is -2.26. The summed E-state index contributed by atoms with van der Waals surface area (Å²) in [6.45, 7) is 8.19. The zero-order chi connectivity index (χ0) is 43.6. The van der Waals surface area contributed by atoms with E-state index < -0.39 is 23.9 Å². The van der Waals surface area contributed by atoms with Gasteiger partial charge in [-0.3, -0.25) is 0 Å². The number of carboxylic acid groups (broad SMARTS) is 2. The van der Waals surface area contributed by atoms with E-state index in [4.69, 9.17) is 9.47 Å². The molecule has 0 amide bonds. The van der Waals surface area contributed by atoms with E-state index in [0.29, 0.717) is 34.0 Å². The van der Waals surface area contributed by atoms with E-state index in [1.165, 1.54) is 48.5 Å². The fourth-order valence-corrected chi connectivity index (χ4v) is 8.15. The minimum Gasteiger partial charge on any atom is -0.508 e. The van der Waals surface area contributed by atoms with E-state index in [9.17, 15) is 39.6 Å². The van der Waals surface area contributed by atoms with Crippen LogP contribution >= 0.6 is 11.3 Å². The molecule has 61 heavy (non-hydrogen) atoms. The van der Waals surface area contributed by atoms with Crippen molar-refractivity contribution in [3.05, 3.63) is 189 Å². The van der Waals surface area contributed by atoms with Crippen LogP contribution in [0.5, 0.6) is 23.0 Å². The predicted molar refractivity (Wildman–Crippen MR) is 232 cm³/mol. The number of phenols is 2. The van der Waals surface area contributed by atoms with Crippen LogP contribution in [0.3, 0.4) is 0 Å². The second kappa shape index (κ2) is 16.6. The molecule has 6 aromatic carbocycles. The molecule has 0 saturated heterocycles. The van der Waals surface area contributed by atoms with Crippen LogP contribution in [0.1, 0.15) is 90.0 Å². The summed E-state index contributed by atoms with van der Waals surface area (Å²) in [4.78, 5) is 51.0. The van der Waals surface area contributed by atoms with Gasteiger partial charge in [-0.05, 0) is 106 Å². The Morgan fingerprint density at radius 2 is 0.705 bits per heavy atom. The van der Waals surface area contributed by atoms with Gasteiger partial charge in [-0.25, -0.2) is 19.2 Å². The smallest absolute Gasteiger partial charge is 0.346 e. The van der Waals surface area contributed by atoms with Gasteiger partial charge in [0.25, 0.3) is 0 Å². The Hall–Kier alpha value is -7.50. The molecule has 0 bridgehead atoms. The van der Waals surface area contributed by atoms with Crippen molar-refractivity contribution >= 4 is 35.2 Å². The molecule has 7 aromatic rings. The SMILES string of the molecule is CC(C)(c1ccc(O)cc1)c1ccc(OC(=O)c2ccc(-c3c(C(=O)O)sc(C(=O)O)c3-c3ccc(C(=O)Oc4ccc(C(C)(C)c5ccc(O)cc5)cc4)cc3)cc2)cc1. The number of carboxylic acids is 2. The zero-order valence-corrected chi connectivity index (χ0v) is 34.3. The van der Waals surface area contributed by atoms with Gasteiger partial charge < -0.3 is 29.9 Å². The molecule has 0 aliphatic carbocycles. The van der Waals surface area contributed by atoms with Crippen molar-refractivity contribution in [2.75, 3.05) is 0 Å². The van der Waals surface area contributed by atoms with Gasteiger partial charge in [0.15, 0.2) is 0 Å². The summed E-state index contributed by atoms with van der Waals surface area (Å²) < 4.78 is 11.3. The van der Waals surface area contributed by atoms with E-state index in [2.05, 4.69) is 0 Å². The summed E-state index contributed by atoms with van der Waals surface area (Å²) in [5.74, 6) is -2.97. The summed E-state index contributed by atoms with van der Waals surface area (Å²) >= 11 is 0.616. The number of hydrogen-bond donors (Lipinski definition) is 4. The first-order valence-electron chi connectivity index (χ1n) is 19.1. The molecule has 0 aliphatic rings. The normalized spacial score (nSPS) is 11.5. The standard InChI is InChI=1S/C50H40O10S/c1-49(2,33-13-21-37(51)22-14-33)35-17-25-39(26-18-35)59-47(57)31-9-5-29(6-10-31)41-42(44(46(55)56)61-43(41)45(53)54)30-7-11-32(12-8-30)48(58)60-40-27-19-36(20-28-40)50(3,4)34-15-23-38(52)24-16-34/h5-28,51-52H,1-4H3,(H,53,54)(H,55,56). The summed E-state index contributed by atoms with van der Waals surface area (Å²) in [6.07, 6.45) is 0. The number of esters is 2. The minimum absolute atomic E-state index is 0.146. The first-order valence-corrected chi connectivity index (χ1v) is 19.9. The number of benzene rings is 6. The first kappa shape index (κ1) is 41.7.